The first kappa shape index (κ1) is 9.90. The van der Waals surface area contributed by atoms with Crippen molar-refractivity contribution in [2.24, 2.45) is 0 Å². The fourth-order valence-electron chi connectivity index (χ4n) is 1.33. The topological polar surface area (TPSA) is 29.5 Å². The van der Waals surface area contributed by atoms with E-state index >= 15 is 0 Å². The molecule has 2 heteroatoms. The summed E-state index contributed by atoms with van der Waals surface area (Å²) in [6.45, 7) is 4.28. The maximum Gasteiger partial charge on any atom is 0.126 e. The standard InChI is InChI=1S/C11H16O2/c1-4-8(2)10-6-5-9(12)7-11(10)13-3/h5-8,12H,4H2,1-3H3. The summed E-state index contributed by atoms with van der Waals surface area (Å²) in [6.07, 6.45) is 1.07. The summed E-state index contributed by atoms with van der Waals surface area (Å²) in [4.78, 5) is 0. The van der Waals surface area contributed by atoms with Crippen LogP contribution in [0.2, 0.25) is 0 Å². The average molecular weight is 180 g/mol. The highest BCUT2D eigenvalue weighted by Gasteiger charge is 2.09. The van der Waals surface area contributed by atoms with Gasteiger partial charge in [-0.1, -0.05) is 19.9 Å². The molecule has 0 spiro atoms. The van der Waals surface area contributed by atoms with Gasteiger partial charge in [-0.3, -0.25) is 0 Å². The first-order valence-corrected chi connectivity index (χ1v) is 4.56. The number of hydrogen-bond donors (Lipinski definition) is 1. The van der Waals surface area contributed by atoms with Crippen LogP contribution >= 0.6 is 0 Å². The van der Waals surface area contributed by atoms with Crippen molar-refractivity contribution in [1.82, 2.24) is 0 Å². The molecule has 0 aromatic heterocycles. The molecule has 2 nitrogen and oxygen atoms in total. The monoisotopic (exact) mass is 180 g/mol. The normalized spacial score (nSPS) is 12.5. The van der Waals surface area contributed by atoms with E-state index in [1.165, 1.54) is 0 Å². The zero-order valence-corrected chi connectivity index (χ0v) is 8.37. The molecule has 1 aromatic rings. The fourth-order valence-corrected chi connectivity index (χ4v) is 1.33. The van der Waals surface area contributed by atoms with Crippen molar-refractivity contribution in [3.05, 3.63) is 23.8 Å². The molecule has 72 valence electrons. The van der Waals surface area contributed by atoms with Crippen LogP contribution in [0, 0.1) is 0 Å². The van der Waals surface area contributed by atoms with Gasteiger partial charge in [-0.25, -0.2) is 0 Å². The molecule has 0 fully saturated rings. The quantitative estimate of drug-likeness (QED) is 0.775. The Morgan fingerprint density at radius 3 is 2.69 bits per heavy atom. The smallest absolute Gasteiger partial charge is 0.126 e. The molecular formula is C11H16O2. The van der Waals surface area contributed by atoms with Crippen molar-refractivity contribution in [2.45, 2.75) is 26.2 Å². The van der Waals surface area contributed by atoms with E-state index in [0.717, 1.165) is 17.7 Å². The fraction of sp³-hybridized carbons (Fsp3) is 0.455. The Bertz CT molecular complexity index is 281. The maximum atomic E-state index is 9.24. The summed E-state index contributed by atoms with van der Waals surface area (Å²) >= 11 is 0. The van der Waals surface area contributed by atoms with Crippen LogP contribution in [0.5, 0.6) is 11.5 Å². The summed E-state index contributed by atoms with van der Waals surface area (Å²) in [5, 5.41) is 9.24. The van der Waals surface area contributed by atoms with Gasteiger partial charge in [0.05, 0.1) is 7.11 Å². The minimum atomic E-state index is 0.254. The molecular weight excluding hydrogens is 164 g/mol. The van der Waals surface area contributed by atoms with Crippen LogP contribution in [0.1, 0.15) is 31.7 Å². The number of methoxy groups -OCH3 is 1. The predicted molar refractivity (Wildman–Crippen MR) is 53.4 cm³/mol. The van der Waals surface area contributed by atoms with Crippen LogP contribution in [0.4, 0.5) is 0 Å². The third kappa shape index (κ3) is 2.14. The van der Waals surface area contributed by atoms with Gasteiger partial charge in [0.2, 0.25) is 0 Å². The van der Waals surface area contributed by atoms with Crippen molar-refractivity contribution < 1.29 is 9.84 Å². The minimum Gasteiger partial charge on any atom is -0.508 e. The molecule has 0 saturated heterocycles. The van der Waals surface area contributed by atoms with E-state index in [1.807, 2.05) is 6.07 Å². The van der Waals surface area contributed by atoms with E-state index in [1.54, 1.807) is 19.2 Å². The second kappa shape index (κ2) is 4.17. The zero-order chi connectivity index (χ0) is 9.84. The van der Waals surface area contributed by atoms with E-state index in [0.29, 0.717) is 5.92 Å². The molecule has 1 unspecified atom stereocenters. The van der Waals surface area contributed by atoms with E-state index in [-0.39, 0.29) is 5.75 Å². The molecule has 1 rings (SSSR count). The Morgan fingerprint density at radius 2 is 2.15 bits per heavy atom. The lowest BCUT2D eigenvalue weighted by Gasteiger charge is -2.13. The summed E-state index contributed by atoms with van der Waals surface area (Å²) in [7, 11) is 1.63. The van der Waals surface area contributed by atoms with Crippen molar-refractivity contribution >= 4 is 0 Å². The van der Waals surface area contributed by atoms with Crippen LogP contribution in [0.15, 0.2) is 18.2 Å². The number of hydrogen-bond acceptors (Lipinski definition) is 2. The van der Waals surface area contributed by atoms with Gasteiger partial charge in [0.25, 0.3) is 0 Å². The average Bonchev–Trinajstić information content (AvgIpc) is 2.16. The van der Waals surface area contributed by atoms with E-state index in [9.17, 15) is 5.11 Å². The van der Waals surface area contributed by atoms with Crippen molar-refractivity contribution in [2.75, 3.05) is 7.11 Å². The SMILES string of the molecule is CCC(C)c1ccc(O)cc1OC. The minimum absolute atomic E-state index is 0.254. The molecule has 1 atom stereocenters. The lowest BCUT2D eigenvalue weighted by molar-refractivity contribution is 0.399. The molecule has 0 bridgehead atoms. The van der Waals surface area contributed by atoms with Gasteiger partial charge in [0, 0.05) is 6.07 Å². The Hall–Kier alpha value is -1.18. The number of benzene rings is 1. The van der Waals surface area contributed by atoms with Gasteiger partial charge in [0.15, 0.2) is 0 Å². The third-order valence-electron chi connectivity index (χ3n) is 2.36. The molecule has 13 heavy (non-hydrogen) atoms. The molecule has 1 N–H and O–H groups in total. The summed E-state index contributed by atoms with van der Waals surface area (Å²) in [5.74, 6) is 1.49. The van der Waals surface area contributed by atoms with Crippen molar-refractivity contribution in [1.29, 1.82) is 0 Å². The third-order valence-corrected chi connectivity index (χ3v) is 2.36. The molecule has 0 aliphatic carbocycles. The highest BCUT2D eigenvalue weighted by atomic mass is 16.5. The number of phenols is 1. The highest BCUT2D eigenvalue weighted by molar-refractivity contribution is 5.41. The summed E-state index contributed by atoms with van der Waals surface area (Å²) < 4.78 is 5.19. The van der Waals surface area contributed by atoms with Crippen LogP contribution in [0.3, 0.4) is 0 Å². The maximum absolute atomic E-state index is 9.24. The Kier molecular flexibility index (Phi) is 3.18. The first-order valence-electron chi connectivity index (χ1n) is 4.56. The molecule has 0 saturated carbocycles. The van der Waals surface area contributed by atoms with E-state index in [4.69, 9.17) is 4.74 Å². The van der Waals surface area contributed by atoms with Gasteiger partial charge >= 0.3 is 0 Å². The van der Waals surface area contributed by atoms with E-state index in [2.05, 4.69) is 13.8 Å². The zero-order valence-electron chi connectivity index (χ0n) is 8.37. The molecule has 0 heterocycles. The van der Waals surface area contributed by atoms with Gasteiger partial charge in [-0.15, -0.1) is 0 Å². The lowest BCUT2D eigenvalue weighted by Crippen LogP contribution is -1.95. The van der Waals surface area contributed by atoms with Crippen LogP contribution in [0.25, 0.3) is 0 Å². The Balaban J connectivity index is 3.05. The van der Waals surface area contributed by atoms with Crippen LogP contribution in [-0.4, -0.2) is 12.2 Å². The van der Waals surface area contributed by atoms with Gasteiger partial charge < -0.3 is 9.84 Å². The number of phenolic OH excluding ortho intramolecular Hbond substituents is 1. The Morgan fingerprint density at radius 1 is 1.46 bits per heavy atom. The van der Waals surface area contributed by atoms with Gasteiger partial charge in [0.1, 0.15) is 11.5 Å². The van der Waals surface area contributed by atoms with Gasteiger partial charge in [-0.2, -0.15) is 0 Å². The van der Waals surface area contributed by atoms with Crippen LogP contribution in [-0.2, 0) is 0 Å². The Labute approximate surface area is 79.2 Å². The first-order chi connectivity index (χ1) is 6.19. The lowest BCUT2D eigenvalue weighted by atomic mass is 9.97. The molecule has 1 aromatic carbocycles. The van der Waals surface area contributed by atoms with Crippen molar-refractivity contribution in [3.8, 4) is 11.5 Å². The molecule has 0 amide bonds. The molecule has 0 radical (unpaired) electrons. The number of rotatable bonds is 3. The highest BCUT2D eigenvalue weighted by Crippen LogP contribution is 2.31. The second-order valence-electron chi connectivity index (χ2n) is 3.24. The predicted octanol–water partition coefficient (Wildman–Crippen LogP) is 2.91. The van der Waals surface area contributed by atoms with E-state index < -0.39 is 0 Å². The number of ether oxygens (including phenoxy) is 1. The van der Waals surface area contributed by atoms with Crippen molar-refractivity contribution in [3.63, 3.8) is 0 Å². The van der Waals surface area contributed by atoms with Crippen LogP contribution < -0.4 is 4.74 Å². The molecule has 0 aliphatic heterocycles. The number of aromatic hydroxyl groups is 1. The summed E-state index contributed by atoms with van der Waals surface area (Å²) in [6, 6.07) is 5.27. The second-order valence-corrected chi connectivity index (χ2v) is 3.24. The largest absolute Gasteiger partial charge is 0.508 e. The summed E-state index contributed by atoms with van der Waals surface area (Å²) in [5.41, 5.74) is 1.16. The molecule has 0 aliphatic rings. The van der Waals surface area contributed by atoms with Gasteiger partial charge in [-0.05, 0) is 24.0 Å².